The Kier molecular flexibility index (Phi) is 2.04. The number of methoxy groups -OCH3 is 1. The van der Waals surface area contributed by atoms with E-state index >= 15 is 0 Å². The lowest BCUT2D eigenvalue weighted by Gasteiger charge is -2.14. The van der Waals surface area contributed by atoms with Crippen molar-refractivity contribution >= 4 is 15.9 Å². The SMILES string of the molecule is COc1ccnc(Br)c1C1(N)CC1. The van der Waals surface area contributed by atoms with Crippen LogP contribution in [0.1, 0.15) is 18.4 Å². The molecule has 0 aromatic carbocycles. The van der Waals surface area contributed by atoms with E-state index in [1.807, 2.05) is 6.07 Å². The monoisotopic (exact) mass is 242 g/mol. The second kappa shape index (κ2) is 2.96. The van der Waals surface area contributed by atoms with Crippen LogP contribution < -0.4 is 10.5 Å². The average molecular weight is 243 g/mol. The summed E-state index contributed by atoms with van der Waals surface area (Å²) >= 11 is 3.39. The predicted octanol–water partition coefficient (Wildman–Crippen LogP) is 1.80. The van der Waals surface area contributed by atoms with E-state index < -0.39 is 0 Å². The fourth-order valence-corrected chi connectivity index (χ4v) is 2.13. The molecule has 70 valence electrons. The number of nitrogens with two attached hydrogens (primary N) is 1. The summed E-state index contributed by atoms with van der Waals surface area (Å²) in [5.74, 6) is 0.821. The van der Waals surface area contributed by atoms with Crippen molar-refractivity contribution < 1.29 is 4.74 Å². The van der Waals surface area contributed by atoms with E-state index in [4.69, 9.17) is 10.5 Å². The van der Waals surface area contributed by atoms with Crippen molar-refractivity contribution in [1.82, 2.24) is 4.98 Å². The number of hydrogen-bond acceptors (Lipinski definition) is 3. The Labute approximate surface area is 85.4 Å². The van der Waals surface area contributed by atoms with Gasteiger partial charge in [-0.3, -0.25) is 0 Å². The van der Waals surface area contributed by atoms with Gasteiger partial charge in [0.1, 0.15) is 10.4 Å². The largest absolute Gasteiger partial charge is 0.496 e. The zero-order valence-corrected chi connectivity index (χ0v) is 8.97. The highest BCUT2D eigenvalue weighted by Crippen LogP contribution is 2.48. The molecule has 0 bridgehead atoms. The van der Waals surface area contributed by atoms with Crippen LogP contribution in [0.2, 0.25) is 0 Å². The fourth-order valence-electron chi connectivity index (χ4n) is 1.43. The van der Waals surface area contributed by atoms with Crippen LogP contribution in [0, 0.1) is 0 Å². The Morgan fingerprint density at radius 2 is 2.31 bits per heavy atom. The highest BCUT2D eigenvalue weighted by atomic mass is 79.9. The lowest BCUT2D eigenvalue weighted by molar-refractivity contribution is 0.403. The summed E-state index contributed by atoms with van der Waals surface area (Å²) in [6, 6.07) is 1.84. The lowest BCUT2D eigenvalue weighted by Crippen LogP contribution is -2.20. The zero-order chi connectivity index (χ0) is 9.47. The van der Waals surface area contributed by atoms with E-state index in [1.54, 1.807) is 13.3 Å². The van der Waals surface area contributed by atoms with Crippen molar-refractivity contribution in [3.63, 3.8) is 0 Å². The third-order valence-electron chi connectivity index (χ3n) is 2.37. The highest BCUT2D eigenvalue weighted by molar-refractivity contribution is 9.10. The van der Waals surface area contributed by atoms with Crippen molar-refractivity contribution in [3.05, 3.63) is 22.4 Å². The van der Waals surface area contributed by atoms with E-state index in [2.05, 4.69) is 20.9 Å². The lowest BCUT2D eigenvalue weighted by atomic mass is 10.1. The second-order valence-corrected chi connectivity index (χ2v) is 4.09. The Hall–Kier alpha value is -0.610. The minimum Gasteiger partial charge on any atom is -0.496 e. The number of ether oxygens (including phenoxy) is 1. The average Bonchev–Trinajstić information content (AvgIpc) is 2.84. The summed E-state index contributed by atoms with van der Waals surface area (Å²) in [4.78, 5) is 4.15. The molecule has 2 rings (SSSR count). The highest BCUT2D eigenvalue weighted by Gasteiger charge is 2.44. The van der Waals surface area contributed by atoms with Crippen LogP contribution in [0.25, 0.3) is 0 Å². The van der Waals surface area contributed by atoms with Crippen molar-refractivity contribution in [2.75, 3.05) is 7.11 Å². The molecular weight excluding hydrogens is 232 g/mol. The summed E-state index contributed by atoms with van der Waals surface area (Å²) in [6.45, 7) is 0. The van der Waals surface area contributed by atoms with Crippen LogP contribution >= 0.6 is 15.9 Å². The van der Waals surface area contributed by atoms with Crippen molar-refractivity contribution in [3.8, 4) is 5.75 Å². The van der Waals surface area contributed by atoms with Gasteiger partial charge in [0.05, 0.1) is 7.11 Å². The quantitative estimate of drug-likeness (QED) is 0.805. The van der Waals surface area contributed by atoms with Crippen molar-refractivity contribution in [2.45, 2.75) is 18.4 Å². The zero-order valence-electron chi connectivity index (χ0n) is 7.38. The van der Waals surface area contributed by atoms with Crippen molar-refractivity contribution in [2.24, 2.45) is 5.73 Å². The predicted molar refractivity (Wildman–Crippen MR) is 53.6 cm³/mol. The van der Waals surface area contributed by atoms with E-state index in [0.29, 0.717) is 0 Å². The third-order valence-corrected chi connectivity index (χ3v) is 2.97. The van der Waals surface area contributed by atoms with E-state index in [9.17, 15) is 0 Å². The van der Waals surface area contributed by atoms with Crippen LogP contribution in [0.5, 0.6) is 5.75 Å². The van der Waals surface area contributed by atoms with E-state index in [1.165, 1.54) is 0 Å². The van der Waals surface area contributed by atoms with Crippen LogP contribution in [0.15, 0.2) is 16.9 Å². The van der Waals surface area contributed by atoms with Gasteiger partial charge in [-0.1, -0.05) is 0 Å². The minimum absolute atomic E-state index is 0.210. The normalized spacial score (nSPS) is 18.4. The van der Waals surface area contributed by atoms with Gasteiger partial charge in [0, 0.05) is 17.3 Å². The van der Waals surface area contributed by atoms with Gasteiger partial charge in [-0.2, -0.15) is 0 Å². The minimum atomic E-state index is -0.210. The number of hydrogen-bond donors (Lipinski definition) is 1. The molecule has 1 aromatic rings. The van der Waals surface area contributed by atoms with Gasteiger partial charge in [0.25, 0.3) is 0 Å². The van der Waals surface area contributed by atoms with Crippen LogP contribution in [-0.2, 0) is 5.54 Å². The smallest absolute Gasteiger partial charge is 0.128 e. The number of rotatable bonds is 2. The molecule has 1 fully saturated rings. The molecule has 0 amide bonds. The Morgan fingerprint density at radius 3 is 2.85 bits per heavy atom. The van der Waals surface area contributed by atoms with E-state index in [0.717, 1.165) is 28.8 Å². The van der Waals surface area contributed by atoms with E-state index in [-0.39, 0.29) is 5.54 Å². The molecule has 4 heteroatoms. The molecule has 0 aliphatic heterocycles. The molecule has 1 aliphatic rings. The molecule has 3 nitrogen and oxygen atoms in total. The first-order valence-electron chi connectivity index (χ1n) is 4.15. The molecular formula is C9H11BrN2O. The molecule has 0 radical (unpaired) electrons. The van der Waals surface area contributed by atoms with Gasteiger partial charge >= 0.3 is 0 Å². The van der Waals surface area contributed by atoms with Crippen LogP contribution in [-0.4, -0.2) is 12.1 Å². The van der Waals surface area contributed by atoms with Gasteiger partial charge in [-0.25, -0.2) is 4.98 Å². The molecule has 0 saturated heterocycles. The Morgan fingerprint density at radius 1 is 1.62 bits per heavy atom. The van der Waals surface area contributed by atoms with Gasteiger partial charge in [-0.15, -0.1) is 0 Å². The number of aromatic nitrogens is 1. The molecule has 0 atom stereocenters. The summed E-state index contributed by atoms with van der Waals surface area (Å²) in [7, 11) is 1.65. The first-order valence-corrected chi connectivity index (χ1v) is 4.94. The van der Waals surface area contributed by atoms with Gasteiger partial charge in [0.2, 0.25) is 0 Å². The molecule has 0 spiro atoms. The first kappa shape index (κ1) is 8.97. The summed E-state index contributed by atoms with van der Waals surface area (Å²) in [6.07, 6.45) is 3.72. The fraction of sp³-hybridized carbons (Fsp3) is 0.444. The molecule has 1 aliphatic carbocycles. The van der Waals surface area contributed by atoms with Gasteiger partial charge < -0.3 is 10.5 Å². The van der Waals surface area contributed by atoms with Crippen LogP contribution in [0.3, 0.4) is 0 Å². The molecule has 1 aromatic heterocycles. The first-order chi connectivity index (χ1) is 6.17. The second-order valence-electron chi connectivity index (χ2n) is 3.34. The summed E-state index contributed by atoms with van der Waals surface area (Å²) < 4.78 is 6.04. The maximum Gasteiger partial charge on any atom is 0.128 e. The van der Waals surface area contributed by atoms with Gasteiger partial charge in [-0.05, 0) is 34.8 Å². The number of nitrogens with zero attached hydrogens (tertiary/aromatic N) is 1. The third kappa shape index (κ3) is 1.44. The summed E-state index contributed by atoms with van der Waals surface area (Å²) in [5.41, 5.74) is 6.88. The topological polar surface area (TPSA) is 48.1 Å². The molecule has 1 saturated carbocycles. The Balaban J connectivity index is 2.52. The number of halogens is 1. The summed E-state index contributed by atoms with van der Waals surface area (Å²) in [5, 5.41) is 0. The Bertz CT molecular complexity index is 336. The maximum atomic E-state index is 6.10. The van der Waals surface area contributed by atoms with Crippen LogP contribution in [0.4, 0.5) is 0 Å². The standard InChI is InChI=1S/C9H11BrN2O/c1-13-6-2-5-12-8(10)7(6)9(11)3-4-9/h2,5H,3-4,11H2,1H3. The molecule has 1 heterocycles. The molecule has 2 N–H and O–H groups in total. The molecule has 13 heavy (non-hydrogen) atoms. The molecule has 0 unspecified atom stereocenters. The van der Waals surface area contributed by atoms with Gasteiger partial charge in [0.15, 0.2) is 0 Å². The number of pyridine rings is 1. The maximum absolute atomic E-state index is 6.10. The van der Waals surface area contributed by atoms with Crippen molar-refractivity contribution in [1.29, 1.82) is 0 Å².